The summed E-state index contributed by atoms with van der Waals surface area (Å²) in [4.78, 5) is 28.0. The molecule has 0 aliphatic carbocycles. The largest absolute Gasteiger partial charge is 0.354 e. The number of nitrogens with one attached hydrogen (secondary N) is 1. The average Bonchev–Trinajstić information content (AvgIpc) is 2.89. The number of anilines is 1. The lowest BCUT2D eigenvalue weighted by Gasteiger charge is -2.32. The maximum atomic E-state index is 13.8. The summed E-state index contributed by atoms with van der Waals surface area (Å²) in [6.45, 7) is 5.19. The number of benzene rings is 3. The van der Waals surface area contributed by atoms with E-state index in [0.717, 1.165) is 4.31 Å². The van der Waals surface area contributed by atoms with E-state index < -0.39 is 40.2 Å². The number of hydrogen-bond acceptors (Lipinski definition) is 4. The van der Waals surface area contributed by atoms with Gasteiger partial charge in [-0.3, -0.25) is 13.9 Å². The molecule has 3 rings (SSSR count). The first-order chi connectivity index (χ1) is 18.4. The molecule has 2 amide bonds. The summed E-state index contributed by atoms with van der Waals surface area (Å²) in [7, 11) is -4.24. The molecule has 0 heterocycles. The second-order valence-corrected chi connectivity index (χ2v) is 12.1. The van der Waals surface area contributed by atoms with E-state index in [0.29, 0.717) is 17.1 Å². The molecule has 0 spiro atoms. The van der Waals surface area contributed by atoms with E-state index in [1.54, 1.807) is 19.1 Å². The van der Waals surface area contributed by atoms with Crippen LogP contribution in [-0.2, 0) is 26.2 Å². The number of carbonyl (C=O) groups is 2. The van der Waals surface area contributed by atoms with Gasteiger partial charge in [-0.05, 0) is 73.0 Å². The molecule has 0 saturated heterocycles. The number of amides is 2. The monoisotopic (exact) mass is 593 g/mol. The Bertz CT molecular complexity index is 1400. The fraction of sp³-hybridized carbons (Fsp3) is 0.286. The van der Waals surface area contributed by atoms with Gasteiger partial charge >= 0.3 is 0 Å². The van der Waals surface area contributed by atoms with Crippen molar-refractivity contribution in [3.8, 4) is 0 Å². The van der Waals surface area contributed by atoms with E-state index >= 15 is 0 Å². The molecular formula is C28H30Cl2FN3O4S. The van der Waals surface area contributed by atoms with Gasteiger partial charge in [-0.15, -0.1) is 0 Å². The van der Waals surface area contributed by atoms with Crippen molar-refractivity contribution >= 4 is 50.7 Å². The van der Waals surface area contributed by atoms with Gasteiger partial charge in [0.2, 0.25) is 11.8 Å². The third kappa shape index (κ3) is 8.17. The molecule has 0 aromatic heterocycles. The Balaban J connectivity index is 2.01. The molecular weight excluding hydrogens is 564 g/mol. The molecule has 7 nitrogen and oxygen atoms in total. The van der Waals surface area contributed by atoms with Crippen LogP contribution in [0.5, 0.6) is 0 Å². The highest BCUT2D eigenvalue weighted by atomic mass is 35.5. The summed E-state index contributed by atoms with van der Waals surface area (Å²) in [5.41, 5.74) is 0.743. The number of carbonyl (C=O) groups excluding carboxylic acids is 2. The molecule has 0 fully saturated rings. The Morgan fingerprint density at radius 3 is 2.15 bits per heavy atom. The molecule has 0 aliphatic rings. The lowest BCUT2D eigenvalue weighted by Crippen LogP contribution is -2.51. The lowest BCUT2D eigenvalue weighted by molar-refractivity contribution is -0.139. The molecule has 0 aliphatic heterocycles. The van der Waals surface area contributed by atoms with E-state index in [2.05, 4.69) is 5.32 Å². The predicted octanol–water partition coefficient (Wildman–Crippen LogP) is 5.52. The molecule has 0 unspecified atom stereocenters. The molecule has 3 aromatic rings. The highest BCUT2D eigenvalue weighted by molar-refractivity contribution is 7.92. The summed E-state index contributed by atoms with van der Waals surface area (Å²) in [6.07, 6.45) is 0. The zero-order chi connectivity index (χ0) is 28.7. The van der Waals surface area contributed by atoms with Gasteiger partial charge in [0.05, 0.1) is 10.6 Å². The molecule has 208 valence electrons. The van der Waals surface area contributed by atoms with E-state index in [9.17, 15) is 22.4 Å². The van der Waals surface area contributed by atoms with Gasteiger partial charge in [0.15, 0.2) is 0 Å². The van der Waals surface area contributed by atoms with Gasteiger partial charge in [0, 0.05) is 23.1 Å². The van der Waals surface area contributed by atoms with Crippen LogP contribution in [0.3, 0.4) is 0 Å². The number of rotatable bonds is 11. The maximum Gasteiger partial charge on any atom is 0.264 e. The topological polar surface area (TPSA) is 86.8 Å². The average molecular weight is 595 g/mol. The first-order valence-corrected chi connectivity index (χ1v) is 14.4. The molecule has 3 aromatic carbocycles. The van der Waals surface area contributed by atoms with Gasteiger partial charge in [-0.2, -0.15) is 0 Å². The first kappa shape index (κ1) is 30.4. The maximum absolute atomic E-state index is 13.8. The Morgan fingerprint density at radius 1 is 0.923 bits per heavy atom. The normalized spacial score (nSPS) is 12.2. The van der Waals surface area contributed by atoms with Crippen LogP contribution in [0.1, 0.15) is 26.3 Å². The SMILES string of the molecule is CC(C)CNC(=O)[C@@H](C)N(Cc1ccc(F)cc1)C(=O)CN(c1cccc(Cl)c1)S(=O)(=O)c1ccc(Cl)cc1. The third-order valence-corrected chi connectivity index (χ3v) is 8.17. The van der Waals surface area contributed by atoms with Crippen LogP contribution in [-0.4, -0.2) is 44.3 Å². The van der Waals surface area contributed by atoms with Crippen molar-refractivity contribution in [3.63, 3.8) is 0 Å². The molecule has 0 bridgehead atoms. The minimum absolute atomic E-state index is 0.0419. The highest BCUT2D eigenvalue weighted by Gasteiger charge is 2.32. The standard InChI is InChI=1S/C28H30Cl2FN3O4S/c1-19(2)16-32-28(36)20(3)33(17-21-7-11-24(31)12-8-21)27(35)18-34(25-6-4-5-23(30)15-25)39(37,38)26-13-9-22(29)10-14-26/h4-15,19-20H,16-18H2,1-3H3,(H,32,36)/t20-/m1/s1. The van der Waals surface area contributed by atoms with Gasteiger partial charge < -0.3 is 10.2 Å². The molecule has 11 heteroatoms. The first-order valence-electron chi connectivity index (χ1n) is 12.2. The van der Waals surface area contributed by atoms with Crippen LogP contribution >= 0.6 is 23.2 Å². The van der Waals surface area contributed by atoms with Crippen molar-refractivity contribution in [1.82, 2.24) is 10.2 Å². The van der Waals surface area contributed by atoms with Crippen LogP contribution in [0, 0.1) is 11.7 Å². The number of sulfonamides is 1. The Morgan fingerprint density at radius 2 is 1.56 bits per heavy atom. The molecule has 0 saturated carbocycles. The Labute approximate surface area is 238 Å². The van der Waals surface area contributed by atoms with E-state index in [1.165, 1.54) is 65.6 Å². The fourth-order valence-electron chi connectivity index (χ4n) is 3.72. The summed E-state index contributed by atoms with van der Waals surface area (Å²) < 4.78 is 41.9. The van der Waals surface area contributed by atoms with Gasteiger partial charge in [0.25, 0.3) is 10.0 Å². The van der Waals surface area contributed by atoms with Crippen molar-refractivity contribution in [1.29, 1.82) is 0 Å². The molecule has 39 heavy (non-hydrogen) atoms. The van der Waals surface area contributed by atoms with Crippen LogP contribution in [0.25, 0.3) is 0 Å². The van der Waals surface area contributed by atoms with Crippen molar-refractivity contribution in [2.75, 3.05) is 17.4 Å². The second-order valence-electron chi connectivity index (χ2n) is 9.41. The van der Waals surface area contributed by atoms with E-state index in [4.69, 9.17) is 23.2 Å². The number of hydrogen-bond donors (Lipinski definition) is 1. The number of nitrogens with zero attached hydrogens (tertiary/aromatic N) is 2. The van der Waals surface area contributed by atoms with Crippen molar-refractivity contribution in [3.05, 3.63) is 94.2 Å². The summed E-state index contributed by atoms with van der Waals surface area (Å²) in [5, 5.41) is 3.44. The fourth-order valence-corrected chi connectivity index (χ4v) is 5.43. The smallest absolute Gasteiger partial charge is 0.264 e. The number of halogens is 3. The van der Waals surface area contributed by atoms with Crippen LogP contribution in [0.15, 0.2) is 77.7 Å². The third-order valence-electron chi connectivity index (χ3n) is 5.89. The minimum Gasteiger partial charge on any atom is -0.354 e. The van der Waals surface area contributed by atoms with Gasteiger partial charge in [-0.1, -0.05) is 55.2 Å². The highest BCUT2D eigenvalue weighted by Crippen LogP contribution is 2.27. The van der Waals surface area contributed by atoms with Crippen molar-refractivity contribution < 1.29 is 22.4 Å². The lowest BCUT2D eigenvalue weighted by atomic mass is 10.1. The Hall–Kier alpha value is -3.14. The van der Waals surface area contributed by atoms with Gasteiger partial charge in [-0.25, -0.2) is 12.8 Å². The predicted molar refractivity (Wildman–Crippen MR) is 152 cm³/mol. The second kappa shape index (κ2) is 13.3. The van der Waals surface area contributed by atoms with E-state index in [1.807, 2.05) is 13.8 Å². The zero-order valence-corrected chi connectivity index (χ0v) is 24.1. The van der Waals surface area contributed by atoms with E-state index in [-0.39, 0.29) is 28.1 Å². The zero-order valence-electron chi connectivity index (χ0n) is 21.8. The summed E-state index contributed by atoms with van der Waals surface area (Å²) in [5.74, 6) is -1.29. The van der Waals surface area contributed by atoms with Gasteiger partial charge in [0.1, 0.15) is 18.4 Å². The minimum atomic E-state index is -4.24. The molecule has 1 atom stereocenters. The van der Waals surface area contributed by atoms with Crippen molar-refractivity contribution in [2.45, 2.75) is 38.3 Å². The quantitative estimate of drug-likeness (QED) is 0.317. The van der Waals surface area contributed by atoms with Crippen LogP contribution in [0.2, 0.25) is 10.0 Å². The summed E-state index contributed by atoms with van der Waals surface area (Å²) in [6, 6.07) is 16.3. The molecule has 0 radical (unpaired) electrons. The van der Waals surface area contributed by atoms with Crippen LogP contribution in [0.4, 0.5) is 10.1 Å². The molecule has 1 N–H and O–H groups in total. The van der Waals surface area contributed by atoms with Crippen LogP contribution < -0.4 is 9.62 Å². The van der Waals surface area contributed by atoms with Crippen molar-refractivity contribution in [2.24, 2.45) is 5.92 Å². The Kier molecular flexibility index (Phi) is 10.4. The summed E-state index contributed by atoms with van der Waals surface area (Å²) >= 11 is 12.1.